The topological polar surface area (TPSA) is 41.1 Å². The van der Waals surface area contributed by atoms with Gasteiger partial charge in [0.05, 0.1) is 0 Å². The average molecular weight is 262 g/mol. The predicted octanol–water partition coefficient (Wildman–Crippen LogP) is 3.10. The van der Waals surface area contributed by atoms with Crippen LogP contribution in [0.3, 0.4) is 0 Å². The van der Waals surface area contributed by atoms with Gasteiger partial charge in [-0.1, -0.05) is 13.3 Å². The Balaban J connectivity index is 2.26. The van der Waals surface area contributed by atoms with Crippen molar-refractivity contribution in [2.75, 3.05) is 29.9 Å². The van der Waals surface area contributed by atoms with Crippen molar-refractivity contribution < 1.29 is 0 Å². The molecule has 19 heavy (non-hydrogen) atoms. The maximum absolute atomic E-state index is 4.57. The molecule has 1 aliphatic carbocycles. The van der Waals surface area contributed by atoms with Crippen LogP contribution >= 0.6 is 0 Å². The Bertz CT molecular complexity index is 401. The van der Waals surface area contributed by atoms with Crippen LogP contribution in [0.2, 0.25) is 0 Å². The molecule has 0 aliphatic heterocycles. The third-order valence-electron chi connectivity index (χ3n) is 3.62. The van der Waals surface area contributed by atoms with Gasteiger partial charge in [-0.25, -0.2) is 9.97 Å². The van der Waals surface area contributed by atoms with E-state index in [9.17, 15) is 0 Å². The van der Waals surface area contributed by atoms with Crippen LogP contribution in [0.25, 0.3) is 0 Å². The Labute approximate surface area is 116 Å². The number of nitrogens with zero attached hydrogens (tertiary/aromatic N) is 3. The van der Waals surface area contributed by atoms with Crippen molar-refractivity contribution in [3.05, 3.63) is 11.9 Å². The van der Waals surface area contributed by atoms with Gasteiger partial charge in [0.25, 0.3) is 0 Å². The molecular weight excluding hydrogens is 236 g/mol. The summed E-state index contributed by atoms with van der Waals surface area (Å²) in [5, 5.41) is 3.37. The zero-order valence-electron chi connectivity index (χ0n) is 12.4. The minimum absolute atomic E-state index is 0.881. The average Bonchev–Trinajstić information content (AvgIpc) is 3.23. The lowest BCUT2D eigenvalue weighted by atomic mass is 10.1. The molecule has 0 bridgehead atoms. The second kappa shape index (κ2) is 6.73. The molecular formula is C15H26N4. The second-order valence-electron chi connectivity index (χ2n) is 5.29. The highest BCUT2D eigenvalue weighted by molar-refractivity contribution is 5.59. The van der Waals surface area contributed by atoms with Gasteiger partial charge in [0, 0.05) is 25.2 Å². The van der Waals surface area contributed by atoms with Gasteiger partial charge in [0.15, 0.2) is 0 Å². The summed E-state index contributed by atoms with van der Waals surface area (Å²) >= 11 is 0. The summed E-state index contributed by atoms with van der Waals surface area (Å²) in [6.45, 7) is 9.61. The van der Waals surface area contributed by atoms with E-state index in [1.807, 2.05) is 0 Å². The molecule has 0 amide bonds. The molecule has 1 aromatic rings. The lowest BCUT2D eigenvalue weighted by molar-refractivity contribution is 0.722. The summed E-state index contributed by atoms with van der Waals surface area (Å²) < 4.78 is 0. The first-order valence-electron chi connectivity index (χ1n) is 7.62. The number of rotatable bonds is 8. The molecule has 4 heteroatoms. The van der Waals surface area contributed by atoms with Crippen LogP contribution in [0.5, 0.6) is 0 Å². The van der Waals surface area contributed by atoms with Crippen molar-refractivity contribution >= 4 is 11.6 Å². The molecule has 0 unspecified atom stereocenters. The fourth-order valence-electron chi connectivity index (χ4n) is 2.45. The van der Waals surface area contributed by atoms with Gasteiger partial charge in [-0.2, -0.15) is 0 Å². The van der Waals surface area contributed by atoms with Crippen LogP contribution < -0.4 is 10.2 Å². The van der Waals surface area contributed by atoms with Gasteiger partial charge in [-0.15, -0.1) is 0 Å². The Morgan fingerprint density at radius 3 is 2.63 bits per heavy atom. The molecule has 1 heterocycles. The Kier molecular flexibility index (Phi) is 5.00. The van der Waals surface area contributed by atoms with Gasteiger partial charge >= 0.3 is 0 Å². The minimum Gasteiger partial charge on any atom is -0.370 e. The zero-order valence-corrected chi connectivity index (χ0v) is 12.4. The summed E-state index contributed by atoms with van der Waals surface area (Å²) in [4.78, 5) is 11.4. The normalized spacial score (nSPS) is 14.5. The van der Waals surface area contributed by atoms with Crippen LogP contribution in [0, 0.1) is 5.92 Å². The van der Waals surface area contributed by atoms with E-state index in [1.54, 1.807) is 6.33 Å². The van der Waals surface area contributed by atoms with Gasteiger partial charge in [0.1, 0.15) is 18.0 Å². The summed E-state index contributed by atoms with van der Waals surface area (Å²) in [6, 6.07) is 0. The number of nitrogens with one attached hydrogen (secondary N) is 1. The summed E-state index contributed by atoms with van der Waals surface area (Å²) in [5.74, 6) is 3.04. The van der Waals surface area contributed by atoms with Crippen molar-refractivity contribution in [1.82, 2.24) is 9.97 Å². The van der Waals surface area contributed by atoms with Crippen LogP contribution in [0.1, 0.15) is 45.6 Å². The van der Waals surface area contributed by atoms with E-state index < -0.39 is 0 Å². The van der Waals surface area contributed by atoms with Crippen molar-refractivity contribution in [1.29, 1.82) is 0 Å². The van der Waals surface area contributed by atoms with Crippen LogP contribution in [0.15, 0.2) is 6.33 Å². The Morgan fingerprint density at radius 2 is 2.05 bits per heavy atom. The molecule has 106 valence electrons. The molecule has 0 saturated heterocycles. The zero-order chi connectivity index (χ0) is 13.7. The first kappa shape index (κ1) is 14.1. The highest BCUT2D eigenvalue weighted by atomic mass is 15.2. The quantitative estimate of drug-likeness (QED) is 0.781. The molecule has 1 fully saturated rings. The van der Waals surface area contributed by atoms with E-state index in [0.717, 1.165) is 50.0 Å². The van der Waals surface area contributed by atoms with Crippen LogP contribution in [0.4, 0.5) is 11.6 Å². The number of hydrogen-bond acceptors (Lipinski definition) is 4. The van der Waals surface area contributed by atoms with E-state index >= 15 is 0 Å². The fraction of sp³-hybridized carbons (Fsp3) is 0.733. The molecule has 1 N–H and O–H groups in total. The smallest absolute Gasteiger partial charge is 0.137 e. The third-order valence-corrected chi connectivity index (χ3v) is 3.62. The van der Waals surface area contributed by atoms with Crippen LogP contribution in [-0.2, 0) is 6.42 Å². The first-order chi connectivity index (χ1) is 9.30. The van der Waals surface area contributed by atoms with Crippen molar-refractivity contribution in [2.24, 2.45) is 5.92 Å². The maximum Gasteiger partial charge on any atom is 0.137 e. The first-order valence-corrected chi connectivity index (χ1v) is 7.62. The van der Waals surface area contributed by atoms with Crippen molar-refractivity contribution in [3.63, 3.8) is 0 Å². The van der Waals surface area contributed by atoms with Gasteiger partial charge < -0.3 is 10.2 Å². The third kappa shape index (κ3) is 3.58. The SMILES string of the molecule is CCCc1c(NCC)ncnc1N(CC)CC1CC1. The summed E-state index contributed by atoms with van der Waals surface area (Å²) in [6.07, 6.45) is 6.62. The number of anilines is 2. The molecule has 0 aromatic carbocycles. The molecule has 0 spiro atoms. The van der Waals surface area contributed by atoms with Gasteiger partial charge in [-0.3, -0.25) is 0 Å². The molecule has 1 aromatic heterocycles. The van der Waals surface area contributed by atoms with Gasteiger partial charge in [-0.05, 0) is 39.0 Å². The highest BCUT2D eigenvalue weighted by Crippen LogP contribution is 2.33. The maximum atomic E-state index is 4.57. The molecule has 0 radical (unpaired) electrons. The predicted molar refractivity (Wildman–Crippen MR) is 80.8 cm³/mol. The van der Waals surface area contributed by atoms with E-state index in [4.69, 9.17) is 0 Å². The Hall–Kier alpha value is -1.32. The van der Waals surface area contributed by atoms with E-state index in [1.165, 1.54) is 18.4 Å². The van der Waals surface area contributed by atoms with E-state index in [2.05, 4.69) is 41.0 Å². The lowest BCUT2D eigenvalue weighted by Gasteiger charge is -2.25. The van der Waals surface area contributed by atoms with E-state index in [0.29, 0.717) is 0 Å². The van der Waals surface area contributed by atoms with Crippen molar-refractivity contribution in [3.8, 4) is 0 Å². The standard InChI is InChI=1S/C15H26N4/c1-4-7-13-14(16-5-2)17-11-18-15(13)19(6-3)10-12-8-9-12/h11-12H,4-10H2,1-3H3,(H,16,17,18). The summed E-state index contributed by atoms with van der Waals surface area (Å²) in [5.41, 5.74) is 1.29. The molecule has 4 nitrogen and oxygen atoms in total. The number of hydrogen-bond donors (Lipinski definition) is 1. The Morgan fingerprint density at radius 1 is 1.26 bits per heavy atom. The fourth-order valence-corrected chi connectivity index (χ4v) is 2.45. The molecule has 0 atom stereocenters. The minimum atomic E-state index is 0.881. The van der Waals surface area contributed by atoms with E-state index in [-0.39, 0.29) is 0 Å². The molecule has 1 aliphatic rings. The van der Waals surface area contributed by atoms with Crippen molar-refractivity contribution in [2.45, 2.75) is 46.5 Å². The van der Waals surface area contributed by atoms with Crippen LogP contribution in [-0.4, -0.2) is 29.6 Å². The monoisotopic (exact) mass is 262 g/mol. The second-order valence-corrected chi connectivity index (χ2v) is 5.29. The lowest BCUT2D eigenvalue weighted by Crippen LogP contribution is -2.28. The number of aromatic nitrogens is 2. The molecule has 2 rings (SSSR count). The largest absolute Gasteiger partial charge is 0.370 e. The summed E-state index contributed by atoms with van der Waals surface area (Å²) in [7, 11) is 0. The highest BCUT2D eigenvalue weighted by Gasteiger charge is 2.26. The molecule has 1 saturated carbocycles. The van der Waals surface area contributed by atoms with Gasteiger partial charge in [0.2, 0.25) is 0 Å².